The lowest BCUT2D eigenvalue weighted by molar-refractivity contribution is 0.0803. The van der Waals surface area contributed by atoms with Crippen molar-refractivity contribution in [3.05, 3.63) is 0 Å². The van der Waals surface area contributed by atoms with Crippen molar-refractivity contribution in [3.8, 4) is 0 Å². The minimum atomic E-state index is 0.647. The summed E-state index contributed by atoms with van der Waals surface area (Å²) in [5, 5.41) is 3.60. The third-order valence-electron chi connectivity index (χ3n) is 3.58. The van der Waals surface area contributed by atoms with Crippen LogP contribution in [-0.4, -0.2) is 64.1 Å². The molecular weight excluding hydrogens is 216 g/mol. The van der Waals surface area contributed by atoms with Gasteiger partial charge in [-0.3, -0.25) is 4.90 Å². The van der Waals surface area contributed by atoms with Gasteiger partial charge in [0.1, 0.15) is 0 Å². The number of hydrogen-bond donors (Lipinski definition) is 1. The van der Waals surface area contributed by atoms with Crippen LogP contribution in [0.5, 0.6) is 0 Å². The van der Waals surface area contributed by atoms with Crippen molar-refractivity contribution < 1.29 is 9.47 Å². The van der Waals surface area contributed by atoms with Gasteiger partial charge in [0, 0.05) is 39.4 Å². The molecule has 0 saturated heterocycles. The van der Waals surface area contributed by atoms with E-state index in [2.05, 4.69) is 17.1 Å². The van der Waals surface area contributed by atoms with Gasteiger partial charge in [0.05, 0.1) is 13.2 Å². The maximum atomic E-state index is 5.20. The van der Waals surface area contributed by atoms with Crippen LogP contribution in [0.15, 0.2) is 0 Å². The minimum Gasteiger partial charge on any atom is -0.383 e. The van der Waals surface area contributed by atoms with Gasteiger partial charge in [-0.1, -0.05) is 13.3 Å². The molecule has 2 atom stereocenters. The molecule has 0 amide bonds. The summed E-state index contributed by atoms with van der Waals surface area (Å²) in [6.07, 6.45) is 3.93. The Bertz CT molecular complexity index is 182. The maximum absolute atomic E-state index is 5.20. The molecule has 0 bridgehead atoms. The normalized spacial score (nSPS) is 24.7. The molecule has 0 aromatic heterocycles. The van der Waals surface area contributed by atoms with Crippen molar-refractivity contribution in [3.63, 3.8) is 0 Å². The molecule has 0 heterocycles. The largest absolute Gasteiger partial charge is 0.383 e. The number of rotatable bonds is 9. The molecule has 1 aliphatic rings. The molecule has 102 valence electrons. The van der Waals surface area contributed by atoms with E-state index in [1.54, 1.807) is 14.2 Å². The van der Waals surface area contributed by atoms with Gasteiger partial charge in [0.25, 0.3) is 0 Å². The van der Waals surface area contributed by atoms with Crippen LogP contribution in [0.2, 0.25) is 0 Å². The summed E-state index contributed by atoms with van der Waals surface area (Å²) in [4.78, 5) is 2.52. The molecule has 1 saturated carbocycles. The number of hydrogen-bond acceptors (Lipinski definition) is 4. The van der Waals surface area contributed by atoms with E-state index in [9.17, 15) is 0 Å². The van der Waals surface area contributed by atoms with Crippen molar-refractivity contribution >= 4 is 0 Å². The zero-order chi connectivity index (χ0) is 12.5. The molecule has 0 aromatic rings. The predicted molar refractivity (Wildman–Crippen MR) is 70.4 cm³/mol. The molecule has 17 heavy (non-hydrogen) atoms. The van der Waals surface area contributed by atoms with E-state index in [0.29, 0.717) is 12.1 Å². The Balaban J connectivity index is 2.47. The van der Waals surface area contributed by atoms with Crippen molar-refractivity contribution in [1.29, 1.82) is 0 Å². The van der Waals surface area contributed by atoms with Crippen LogP contribution in [0.4, 0.5) is 0 Å². The molecule has 4 nitrogen and oxygen atoms in total. The van der Waals surface area contributed by atoms with Crippen LogP contribution in [0.1, 0.15) is 26.2 Å². The lowest BCUT2D eigenvalue weighted by Gasteiger charge is -2.33. The maximum Gasteiger partial charge on any atom is 0.0589 e. The SMILES string of the molecule is CCNC1CCCC1N(CCOC)CCOC. The van der Waals surface area contributed by atoms with Gasteiger partial charge in [0.15, 0.2) is 0 Å². The Morgan fingerprint density at radius 3 is 2.29 bits per heavy atom. The fraction of sp³-hybridized carbons (Fsp3) is 1.00. The highest BCUT2D eigenvalue weighted by molar-refractivity contribution is 4.90. The first-order chi connectivity index (χ1) is 8.33. The number of methoxy groups -OCH3 is 2. The first kappa shape index (κ1) is 14.9. The smallest absolute Gasteiger partial charge is 0.0589 e. The van der Waals surface area contributed by atoms with E-state index in [1.807, 2.05) is 0 Å². The average Bonchev–Trinajstić information content (AvgIpc) is 2.78. The summed E-state index contributed by atoms with van der Waals surface area (Å²) in [5.74, 6) is 0. The quantitative estimate of drug-likeness (QED) is 0.659. The van der Waals surface area contributed by atoms with E-state index in [0.717, 1.165) is 32.8 Å². The molecule has 1 fully saturated rings. The number of ether oxygens (including phenoxy) is 2. The summed E-state index contributed by atoms with van der Waals surface area (Å²) in [6.45, 7) is 6.87. The van der Waals surface area contributed by atoms with Crippen LogP contribution in [0, 0.1) is 0 Å². The van der Waals surface area contributed by atoms with Crippen LogP contribution in [0.25, 0.3) is 0 Å². The van der Waals surface area contributed by atoms with E-state index < -0.39 is 0 Å². The first-order valence-electron chi connectivity index (χ1n) is 6.78. The molecule has 1 N–H and O–H groups in total. The molecule has 0 spiro atoms. The fourth-order valence-electron chi connectivity index (χ4n) is 2.74. The zero-order valence-corrected chi connectivity index (χ0v) is 11.6. The Hall–Kier alpha value is -0.160. The highest BCUT2D eigenvalue weighted by atomic mass is 16.5. The van der Waals surface area contributed by atoms with Crippen LogP contribution >= 0.6 is 0 Å². The van der Waals surface area contributed by atoms with Gasteiger partial charge >= 0.3 is 0 Å². The van der Waals surface area contributed by atoms with Crippen LogP contribution in [0.3, 0.4) is 0 Å². The third-order valence-corrected chi connectivity index (χ3v) is 3.58. The van der Waals surface area contributed by atoms with Gasteiger partial charge < -0.3 is 14.8 Å². The second kappa shape index (κ2) is 8.86. The summed E-state index contributed by atoms with van der Waals surface area (Å²) in [6, 6.07) is 1.30. The van der Waals surface area contributed by atoms with E-state index in [4.69, 9.17) is 9.47 Å². The van der Waals surface area contributed by atoms with Gasteiger partial charge in [-0.05, 0) is 19.4 Å². The zero-order valence-electron chi connectivity index (χ0n) is 11.6. The lowest BCUT2D eigenvalue weighted by Crippen LogP contribution is -2.49. The van der Waals surface area contributed by atoms with Crippen molar-refractivity contribution in [2.75, 3.05) is 47.1 Å². The third kappa shape index (κ3) is 4.92. The Morgan fingerprint density at radius 2 is 1.76 bits per heavy atom. The van der Waals surface area contributed by atoms with Gasteiger partial charge in [0.2, 0.25) is 0 Å². The van der Waals surface area contributed by atoms with Crippen LogP contribution < -0.4 is 5.32 Å². The summed E-state index contributed by atoms with van der Waals surface area (Å²) in [7, 11) is 3.54. The summed E-state index contributed by atoms with van der Waals surface area (Å²) >= 11 is 0. The van der Waals surface area contributed by atoms with Crippen molar-refractivity contribution in [1.82, 2.24) is 10.2 Å². The fourth-order valence-corrected chi connectivity index (χ4v) is 2.74. The average molecular weight is 244 g/mol. The monoisotopic (exact) mass is 244 g/mol. The summed E-state index contributed by atoms with van der Waals surface area (Å²) in [5.41, 5.74) is 0. The second-order valence-electron chi connectivity index (χ2n) is 4.68. The highest BCUT2D eigenvalue weighted by Crippen LogP contribution is 2.24. The van der Waals surface area contributed by atoms with Gasteiger partial charge in [-0.15, -0.1) is 0 Å². The highest BCUT2D eigenvalue weighted by Gasteiger charge is 2.30. The van der Waals surface area contributed by atoms with Gasteiger partial charge in [-0.2, -0.15) is 0 Å². The van der Waals surface area contributed by atoms with E-state index in [1.165, 1.54) is 19.3 Å². The Labute approximate surface area is 106 Å². The minimum absolute atomic E-state index is 0.647. The Morgan fingerprint density at radius 1 is 1.12 bits per heavy atom. The molecule has 1 rings (SSSR count). The molecule has 1 aliphatic carbocycles. The van der Waals surface area contributed by atoms with E-state index >= 15 is 0 Å². The van der Waals surface area contributed by atoms with Gasteiger partial charge in [-0.25, -0.2) is 0 Å². The standard InChI is InChI=1S/C13H28N2O2/c1-4-14-12-6-5-7-13(12)15(8-10-16-2)9-11-17-3/h12-14H,4-11H2,1-3H3. The topological polar surface area (TPSA) is 33.7 Å². The van der Waals surface area contributed by atoms with Crippen LogP contribution in [-0.2, 0) is 9.47 Å². The van der Waals surface area contributed by atoms with E-state index in [-0.39, 0.29) is 0 Å². The Kier molecular flexibility index (Phi) is 7.77. The number of likely N-dealkylation sites (N-methyl/N-ethyl adjacent to an activating group) is 1. The second-order valence-corrected chi connectivity index (χ2v) is 4.68. The summed E-state index contributed by atoms with van der Waals surface area (Å²) < 4.78 is 10.4. The molecule has 0 aliphatic heterocycles. The molecule has 0 aromatic carbocycles. The number of nitrogens with one attached hydrogen (secondary N) is 1. The number of nitrogens with zero attached hydrogens (tertiary/aromatic N) is 1. The van der Waals surface area contributed by atoms with Crippen molar-refractivity contribution in [2.24, 2.45) is 0 Å². The molecule has 4 heteroatoms. The predicted octanol–water partition coefficient (Wildman–Crippen LogP) is 1.11. The first-order valence-corrected chi connectivity index (χ1v) is 6.78. The lowest BCUT2D eigenvalue weighted by atomic mass is 10.1. The molecule has 0 radical (unpaired) electrons. The molecule has 2 unspecified atom stereocenters. The molecular formula is C13H28N2O2. The van der Waals surface area contributed by atoms with Crippen molar-refractivity contribution in [2.45, 2.75) is 38.3 Å².